The summed E-state index contributed by atoms with van der Waals surface area (Å²) in [6.45, 7) is 1.49. The van der Waals surface area contributed by atoms with Gasteiger partial charge in [-0.1, -0.05) is 0 Å². The van der Waals surface area contributed by atoms with E-state index in [0.717, 1.165) is 12.8 Å². The number of benzene rings is 1. The Morgan fingerprint density at radius 1 is 1.21 bits per heavy atom. The first-order chi connectivity index (χ1) is 15.5. The van der Waals surface area contributed by atoms with Gasteiger partial charge in [-0.25, -0.2) is 18.4 Å². The molecule has 5 rings (SSSR count). The zero-order chi connectivity index (χ0) is 23.7. The number of carbonyl (C=O) groups excluding carboxylic acids is 1. The zero-order valence-corrected chi connectivity index (χ0v) is 17.2. The molecule has 2 aromatic heterocycles. The number of rotatable bonds is 2. The number of aryl methyl sites for hydroxylation is 1. The van der Waals surface area contributed by atoms with Gasteiger partial charge in [0.1, 0.15) is 5.69 Å². The van der Waals surface area contributed by atoms with Crippen molar-refractivity contribution >= 4 is 22.9 Å². The molecule has 2 aliphatic heterocycles. The van der Waals surface area contributed by atoms with Crippen LogP contribution in [-0.2, 0) is 18.0 Å². The van der Waals surface area contributed by atoms with Crippen molar-refractivity contribution in [1.29, 1.82) is 0 Å². The van der Waals surface area contributed by atoms with Gasteiger partial charge in [-0.2, -0.15) is 23.3 Å². The lowest BCUT2D eigenvalue weighted by Gasteiger charge is -2.50. The summed E-state index contributed by atoms with van der Waals surface area (Å²) in [7, 11) is 1.46. The number of piperidine rings is 1. The van der Waals surface area contributed by atoms with E-state index in [1.165, 1.54) is 17.9 Å². The van der Waals surface area contributed by atoms with Crippen LogP contribution in [0.3, 0.4) is 0 Å². The van der Waals surface area contributed by atoms with Gasteiger partial charge in [-0.15, -0.1) is 0 Å². The highest BCUT2D eigenvalue weighted by molar-refractivity contribution is 5.92. The van der Waals surface area contributed by atoms with Crippen LogP contribution < -0.4 is 10.2 Å². The molecule has 0 atom stereocenters. The number of amides is 1. The molecule has 2 N–H and O–H groups in total. The number of fused-ring (bicyclic) bond motifs is 1. The minimum Gasteiger partial charge on any atom is -0.503 e. The number of phenols is 1. The molecule has 8 nitrogen and oxygen atoms in total. The van der Waals surface area contributed by atoms with Crippen LogP contribution in [0, 0.1) is 17.0 Å². The number of alkyl halides is 3. The normalized spacial score (nSPS) is 18.0. The predicted molar refractivity (Wildman–Crippen MR) is 105 cm³/mol. The summed E-state index contributed by atoms with van der Waals surface area (Å²) in [5, 5.41) is 16.6. The first kappa shape index (κ1) is 21.3. The average Bonchev–Trinajstić information content (AvgIpc) is 3.06. The smallest absolute Gasteiger partial charge is 0.419 e. The third-order valence-corrected chi connectivity index (χ3v) is 6.17. The summed E-state index contributed by atoms with van der Waals surface area (Å²) in [5.41, 5.74) is -3.11. The lowest BCUT2D eigenvalue weighted by Crippen LogP contribution is -2.65. The van der Waals surface area contributed by atoms with Gasteiger partial charge in [0.15, 0.2) is 23.0 Å². The molecule has 2 saturated heterocycles. The van der Waals surface area contributed by atoms with Crippen LogP contribution in [0.2, 0.25) is 0 Å². The van der Waals surface area contributed by atoms with Crippen molar-refractivity contribution in [3.8, 4) is 17.0 Å². The highest BCUT2D eigenvalue weighted by Gasteiger charge is 2.51. The van der Waals surface area contributed by atoms with E-state index in [1.54, 1.807) is 4.90 Å². The zero-order valence-electron chi connectivity index (χ0n) is 17.2. The van der Waals surface area contributed by atoms with Gasteiger partial charge in [-0.3, -0.25) is 4.79 Å². The average molecular weight is 468 g/mol. The molecule has 2 fully saturated rings. The van der Waals surface area contributed by atoms with E-state index in [9.17, 15) is 31.9 Å². The third-order valence-electron chi connectivity index (χ3n) is 6.17. The summed E-state index contributed by atoms with van der Waals surface area (Å²) in [6.07, 6.45) is -2.25. The molecule has 2 aliphatic rings. The first-order valence-electron chi connectivity index (χ1n) is 10.0. The summed E-state index contributed by atoms with van der Waals surface area (Å²) in [6, 6.07) is 0.265. The van der Waals surface area contributed by atoms with Crippen molar-refractivity contribution in [1.82, 2.24) is 25.1 Å². The van der Waals surface area contributed by atoms with Crippen LogP contribution in [0.5, 0.6) is 5.75 Å². The Morgan fingerprint density at radius 2 is 1.94 bits per heavy atom. The molecule has 3 aromatic rings. The number of halogens is 5. The van der Waals surface area contributed by atoms with Crippen LogP contribution in [0.1, 0.15) is 18.4 Å². The lowest BCUT2D eigenvalue weighted by molar-refractivity contribution is -0.140. The van der Waals surface area contributed by atoms with Gasteiger partial charge < -0.3 is 15.3 Å². The second kappa shape index (κ2) is 6.99. The molecule has 33 heavy (non-hydrogen) atoms. The fraction of sp³-hybridized carbons (Fsp3) is 0.400. The number of aromatic hydroxyl groups is 1. The molecule has 1 spiro atoms. The maximum absolute atomic E-state index is 14.6. The molecule has 0 bridgehead atoms. The van der Waals surface area contributed by atoms with Crippen molar-refractivity contribution in [3.05, 3.63) is 29.5 Å². The van der Waals surface area contributed by atoms with Crippen molar-refractivity contribution in [2.45, 2.75) is 19.0 Å². The Hall–Kier alpha value is -3.51. The number of hydrogen-bond acceptors (Lipinski definition) is 6. The van der Waals surface area contributed by atoms with Crippen LogP contribution in [-0.4, -0.2) is 50.4 Å². The second-order valence-electron chi connectivity index (χ2n) is 8.32. The largest absolute Gasteiger partial charge is 0.503 e. The van der Waals surface area contributed by atoms with Crippen molar-refractivity contribution in [2.75, 3.05) is 24.5 Å². The number of phenolic OH excluding ortho intramolecular Hbond substituents is 1. The SMILES string of the molecule is Cn1nc(-c2cc(C(F)(F)F)c(F)c(O)c2F)c2cnc(N3CC4(CCCNC4=O)C3)nc21. The van der Waals surface area contributed by atoms with Gasteiger partial charge in [-0.05, 0) is 18.9 Å². The van der Waals surface area contributed by atoms with E-state index < -0.39 is 40.1 Å². The van der Waals surface area contributed by atoms with Crippen molar-refractivity contribution < 1.29 is 31.9 Å². The minimum absolute atomic E-state index is 0.0130. The molecule has 0 saturated carbocycles. The molecule has 1 amide bonds. The number of nitrogens with one attached hydrogen (secondary N) is 1. The summed E-state index contributed by atoms with van der Waals surface area (Å²) in [5.74, 6) is -5.13. The standard InChI is InChI=1S/C20H17F5N6O2/c1-30-16-10(6-27-18(28-16)31-7-19(8-31)3-2-4-26-17(19)33)14(29-30)9-5-11(20(23,24)25)13(22)15(32)12(9)21/h5-6,32H,2-4,7-8H2,1H3,(H,26,33). The number of carbonyl (C=O) groups is 1. The third kappa shape index (κ3) is 3.16. The highest BCUT2D eigenvalue weighted by Crippen LogP contribution is 2.42. The Bertz CT molecular complexity index is 1300. The van der Waals surface area contributed by atoms with Gasteiger partial charge in [0, 0.05) is 38.4 Å². The van der Waals surface area contributed by atoms with Crippen LogP contribution in [0.25, 0.3) is 22.3 Å². The van der Waals surface area contributed by atoms with Gasteiger partial charge in [0.2, 0.25) is 11.9 Å². The fourth-order valence-corrected chi connectivity index (χ4v) is 4.44. The molecule has 174 valence electrons. The number of hydrogen-bond donors (Lipinski definition) is 2. The predicted octanol–water partition coefficient (Wildman–Crippen LogP) is 2.75. The summed E-state index contributed by atoms with van der Waals surface area (Å²) in [4.78, 5) is 22.6. The van der Waals surface area contributed by atoms with Gasteiger partial charge in [0.25, 0.3) is 0 Å². The van der Waals surface area contributed by atoms with Gasteiger partial charge in [0.05, 0.1) is 16.4 Å². The van der Waals surface area contributed by atoms with E-state index in [1.807, 2.05) is 0 Å². The van der Waals surface area contributed by atoms with E-state index >= 15 is 0 Å². The quantitative estimate of drug-likeness (QED) is 0.562. The maximum atomic E-state index is 14.6. The van der Waals surface area contributed by atoms with Crippen LogP contribution >= 0.6 is 0 Å². The van der Waals surface area contributed by atoms with Gasteiger partial charge >= 0.3 is 6.18 Å². The second-order valence-corrected chi connectivity index (χ2v) is 8.32. The molecule has 1 aromatic carbocycles. The molecule has 4 heterocycles. The Labute approximate surface area is 183 Å². The fourth-order valence-electron chi connectivity index (χ4n) is 4.44. The topological polar surface area (TPSA) is 96.2 Å². The van der Waals surface area contributed by atoms with Crippen molar-refractivity contribution in [2.24, 2.45) is 12.5 Å². The van der Waals surface area contributed by atoms with E-state index in [-0.39, 0.29) is 28.7 Å². The molecule has 13 heteroatoms. The monoisotopic (exact) mass is 468 g/mol. The van der Waals surface area contributed by atoms with E-state index in [4.69, 9.17) is 0 Å². The Balaban J connectivity index is 1.54. The van der Waals surface area contributed by atoms with Crippen LogP contribution in [0.15, 0.2) is 12.3 Å². The molecule has 0 unspecified atom stereocenters. The molecular formula is C20H17F5N6O2. The van der Waals surface area contributed by atoms with E-state index in [2.05, 4.69) is 20.4 Å². The highest BCUT2D eigenvalue weighted by atomic mass is 19.4. The van der Waals surface area contributed by atoms with E-state index in [0.29, 0.717) is 25.6 Å². The maximum Gasteiger partial charge on any atom is 0.419 e. The number of anilines is 1. The van der Waals surface area contributed by atoms with Crippen molar-refractivity contribution in [3.63, 3.8) is 0 Å². The molecule has 0 radical (unpaired) electrons. The number of aromatic nitrogens is 4. The first-order valence-corrected chi connectivity index (χ1v) is 10.0. The number of nitrogens with zero attached hydrogens (tertiary/aromatic N) is 5. The Morgan fingerprint density at radius 3 is 2.61 bits per heavy atom. The summed E-state index contributed by atoms with van der Waals surface area (Å²) < 4.78 is 69.2. The van der Waals surface area contributed by atoms with Crippen LogP contribution in [0.4, 0.5) is 27.9 Å². The molecule has 0 aliphatic carbocycles. The lowest BCUT2D eigenvalue weighted by atomic mass is 9.73. The minimum atomic E-state index is -5.16. The Kier molecular flexibility index (Phi) is 4.52. The molecular weight excluding hydrogens is 451 g/mol. The summed E-state index contributed by atoms with van der Waals surface area (Å²) >= 11 is 0.